The zero-order valence-electron chi connectivity index (χ0n) is 11.2. The molecule has 0 aliphatic carbocycles. The largest absolute Gasteiger partial charge is 0.259 e. The second kappa shape index (κ2) is 7.00. The smallest absolute Gasteiger partial charge is 0.123 e. The van der Waals surface area contributed by atoms with Gasteiger partial charge in [-0.3, -0.25) is 4.21 Å². The van der Waals surface area contributed by atoms with Crippen molar-refractivity contribution >= 4 is 22.4 Å². The third-order valence-corrected chi connectivity index (χ3v) is 5.30. The van der Waals surface area contributed by atoms with Gasteiger partial charge in [-0.1, -0.05) is 41.9 Å². The summed E-state index contributed by atoms with van der Waals surface area (Å²) in [4.78, 5) is 0. The zero-order chi connectivity index (χ0) is 14.5. The second-order valence-corrected chi connectivity index (χ2v) is 6.90. The lowest BCUT2D eigenvalue weighted by molar-refractivity contribution is 0.626. The Morgan fingerprint density at radius 2 is 1.80 bits per heavy atom. The summed E-state index contributed by atoms with van der Waals surface area (Å²) in [6.07, 6.45) is 0.678. The summed E-state index contributed by atoms with van der Waals surface area (Å²) in [7, 11) is -1.01. The molecule has 0 aliphatic heterocycles. The first kappa shape index (κ1) is 15.2. The van der Waals surface area contributed by atoms with Crippen LogP contribution in [0.3, 0.4) is 0 Å². The van der Waals surface area contributed by atoms with E-state index < -0.39 is 10.8 Å². The van der Waals surface area contributed by atoms with Gasteiger partial charge in [-0.2, -0.15) is 0 Å². The Morgan fingerprint density at radius 1 is 1.15 bits per heavy atom. The van der Waals surface area contributed by atoms with E-state index in [9.17, 15) is 8.60 Å². The average molecular weight is 311 g/mol. The first-order chi connectivity index (χ1) is 9.58. The van der Waals surface area contributed by atoms with Crippen molar-refractivity contribution in [3.63, 3.8) is 0 Å². The molecule has 0 bridgehead atoms. The Labute approximate surface area is 126 Å². The highest BCUT2D eigenvalue weighted by molar-refractivity contribution is 7.85. The monoisotopic (exact) mass is 310 g/mol. The molecule has 2 aromatic carbocycles. The van der Waals surface area contributed by atoms with E-state index in [4.69, 9.17) is 11.6 Å². The number of aryl methyl sites for hydroxylation is 1. The number of halogens is 2. The van der Waals surface area contributed by atoms with Crippen LogP contribution >= 0.6 is 11.6 Å². The first-order valence-corrected chi connectivity index (χ1v) is 8.20. The van der Waals surface area contributed by atoms with Crippen molar-refractivity contribution in [2.24, 2.45) is 0 Å². The summed E-state index contributed by atoms with van der Waals surface area (Å²) in [6, 6.07) is 13.8. The van der Waals surface area contributed by atoms with E-state index >= 15 is 0 Å². The maximum absolute atomic E-state index is 12.9. The molecular weight excluding hydrogens is 295 g/mol. The van der Waals surface area contributed by atoms with Crippen molar-refractivity contribution in [2.45, 2.75) is 18.6 Å². The summed E-state index contributed by atoms with van der Waals surface area (Å²) >= 11 is 6.08. The third kappa shape index (κ3) is 3.90. The zero-order valence-corrected chi connectivity index (χ0v) is 12.8. The maximum atomic E-state index is 12.9. The standard InChI is InChI=1S/C16H16ClFOS/c1-12(13-6-8-15(18)9-7-13)20(19)11-10-14-4-2-3-5-16(14)17/h2-9,12H,10-11H2,1H3. The first-order valence-electron chi connectivity index (χ1n) is 6.44. The van der Waals surface area contributed by atoms with Crippen molar-refractivity contribution in [1.29, 1.82) is 0 Å². The summed E-state index contributed by atoms with van der Waals surface area (Å²) < 4.78 is 25.2. The van der Waals surface area contributed by atoms with Crippen molar-refractivity contribution in [3.05, 3.63) is 70.5 Å². The molecule has 4 heteroatoms. The van der Waals surface area contributed by atoms with Gasteiger partial charge in [0.15, 0.2) is 0 Å². The minimum Gasteiger partial charge on any atom is -0.259 e. The van der Waals surface area contributed by atoms with Crippen LogP contribution < -0.4 is 0 Å². The van der Waals surface area contributed by atoms with Crippen LogP contribution in [0.5, 0.6) is 0 Å². The molecule has 0 heterocycles. The van der Waals surface area contributed by atoms with Crippen molar-refractivity contribution < 1.29 is 8.60 Å². The van der Waals surface area contributed by atoms with E-state index in [1.54, 1.807) is 12.1 Å². The van der Waals surface area contributed by atoms with Gasteiger partial charge in [0, 0.05) is 21.6 Å². The molecule has 2 rings (SSSR count). The van der Waals surface area contributed by atoms with Gasteiger partial charge in [0.2, 0.25) is 0 Å². The minimum absolute atomic E-state index is 0.113. The molecule has 2 atom stereocenters. The molecule has 2 aromatic rings. The Balaban J connectivity index is 1.98. The Hall–Kier alpha value is -1.19. The van der Waals surface area contributed by atoms with Gasteiger partial charge in [0.25, 0.3) is 0 Å². The van der Waals surface area contributed by atoms with Crippen LogP contribution in [0.4, 0.5) is 4.39 Å². The Bertz CT molecular complexity index is 598. The molecule has 1 nitrogen and oxygen atoms in total. The van der Waals surface area contributed by atoms with Gasteiger partial charge in [-0.05, 0) is 42.7 Å². The van der Waals surface area contributed by atoms with Crippen LogP contribution in [0.2, 0.25) is 5.02 Å². The molecule has 106 valence electrons. The molecule has 0 N–H and O–H groups in total. The molecule has 0 aliphatic rings. The van der Waals surface area contributed by atoms with Crippen molar-refractivity contribution in [2.75, 3.05) is 5.75 Å². The molecule has 0 saturated carbocycles. The predicted molar refractivity (Wildman–Crippen MR) is 83.0 cm³/mol. The lowest BCUT2D eigenvalue weighted by atomic mass is 10.2. The highest BCUT2D eigenvalue weighted by atomic mass is 35.5. The number of rotatable bonds is 5. The van der Waals surface area contributed by atoms with Gasteiger partial charge in [-0.15, -0.1) is 0 Å². The summed E-state index contributed by atoms with van der Waals surface area (Å²) in [5.74, 6) is 0.269. The maximum Gasteiger partial charge on any atom is 0.123 e. The Kier molecular flexibility index (Phi) is 5.32. The molecule has 0 aromatic heterocycles. The third-order valence-electron chi connectivity index (χ3n) is 3.26. The van der Waals surface area contributed by atoms with Crippen LogP contribution in [0, 0.1) is 5.82 Å². The molecule has 0 amide bonds. The van der Waals surface area contributed by atoms with E-state index in [2.05, 4.69) is 0 Å². The number of hydrogen-bond donors (Lipinski definition) is 0. The van der Waals surface area contributed by atoms with Gasteiger partial charge >= 0.3 is 0 Å². The van der Waals surface area contributed by atoms with Gasteiger partial charge in [-0.25, -0.2) is 4.39 Å². The molecule has 0 spiro atoms. The number of benzene rings is 2. The minimum atomic E-state index is -1.01. The molecule has 0 radical (unpaired) electrons. The van der Waals surface area contributed by atoms with Crippen molar-refractivity contribution in [1.82, 2.24) is 0 Å². The average Bonchev–Trinajstić information content (AvgIpc) is 2.46. The topological polar surface area (TPSA) is 17.1 Å². The fourth-order valence-electron chi connectivity index (χ4n) is 1.97. The number of hydrogen-bond acceptors (Lipinski definition) is 1. The molecule has 0 fully saturated rings. The molecule has 20 heavy (non-hydrogen) atoms. The quantitative estimate of drug-likeness (QED) is 0.793. The van der Waals surface area contributed by atoms with E-state index in [0.717, 1.165) is 11.1 Å². The van der Waals surface area contributed by atoms with Crippen LogP contribution in [0.1, 0.15) is 23.3 Å². The SMILES string of the molecule is CC(c1ccc(F)cc1)S(=O)CCc1ccccc1Cl. The lowest BCUT2D eigenvalue weighted by Crippen LogP contribution is -2.09. The summed E-state index contributed by atoms with van der Waals surface area (Å²) in [6.45, 7) is 1.90. The highest BCUT2D eigenvalue weighted by Crippen LogP contribution is 2.22. The van der Waals surface area contributed by atoms with Gasteiger partial charge in [0.05, 0.1) is 5.25 Å². The fourth-order valence-corrected chi connectivity index (χ4v) is 3.44. The van der Waals surface area contributed by atoms with Crippen molar-refractivity contribution in [3.8, 4) is 0 Å². The van der Waals surface area contributed by atoms with Crippen LogP contribution in [0.15, 0.2) is 48.5 Å². The molecular formula is C16H16ClFOS. The summed E-state index contributed by atoms with van der Waals surface area (Å²) in [5, 5.41) is 0.594. The van der Waals surface area contributed by atoms with E-state index in [0.29, 0.717) is 17.2 Å². The van der Waals surface area contributed by atoms with Crippen LogP contribution in [-0.2, 0) is 17.2 Å². The second-order valence-electron chi connectivity index (χ2n) is 4.62. The highest BCUT2D eigenvalue weighted by Gasteiger charge is 2.14. The Morgan fingerprint density at radius 3 is 2.45 bits per heavy atom. The van der Waals surface area contributed by atoms with Gasteiger partial charge in [0.1, 0.15) is 5.82 Å². The lowest BCUT2D eigenvalue weighted by Gasteiger charge is -2.12. The van der Waals surface area contributed by atoms with Gasteiger partial charge < -0.3 is 0 Å². The van der Waals surface area contributed by atoms with Crippen LogP contribution in [0.25, 0.3) is 0 Å². The van der Waals surface area contributed by atoms with E-state index in [1.165, 1.54) is 12.1 Å². The van der Waals surface area contributed by atoms with E-state index in [-0.39, 0.29) is 11.1 Å². The molecule has 0 saturated heterocycles. The molecule has 2 unspecified atom stereocenters. The fraction of sp³-hybridized carbons (Fsp3) is 0.250. The van der Waals surface area contributed by atoms with Crippen LogP contribution in [-0.4, -0.2) is 9.96 Å². The predicted octanol–water partition coefficient (Wildman–Crippen LogP) is 4.53. The normalized spacial score (nSPS) is 13.9. The summed E-state index contributed by atoms with van der Waals surface area (Å²) in [5.41, 5.74) is 1.90. The van der Waals surface area contributed by atoms with E-state index in [1.807, 2.05) is 31.2 Å².